The summed E-state index contributed by atoms with van der Waals surface area (Å²) in [5.41, 5.74) is 0.541. The molecule has 0 N–H and O–H groups in total. The highest BCUT2D eigenvalue weighted by Crippen LogP contribution is 2.30. The highest BCUT2D eigenvalue weighted by Gasteiger charge is 2.32. The lowest BCUT2D eigenvalue weighted by atomic mass is 10.2. The van der Waals surface area contributed by atoms with Crippen molar-refractivity contribution in [3.63, 3.8) is 0 Å². The van der Waals surface area contributed by atoms with Gasteiger partial charge in [0.15, 0.2) is 0 Å². The number of thioether (sulfide) groups is 1. The molecule has 0 aromatic heterocycles. The van der Waals surface area contributed by atoms with Gasteiger partial charge < -0.3 is 4.90 Å². The Kier molecular flexibility index (Phi) is 5.51. The van der Waals surface area contributed by atoms with E-state index in [1.165, 1.54) is 23.9 Å². The maximum Gasteiger partial charge on any atom is 0.223 e. The van der Waals surface area contributed by atoms with E-state index in [0.29, 0.717) is 29.2 Å². The van der Waals surface area contributed by atoms with Crippen LogP contribution in [0.5, 0.6) is 0 Å². The van der Waals surface area contributed by atoms with Crippen molar-refractivity contribution in [1.29, 1.82) is 0 Å². The minimum Gasteiger partial charge on any atom is -0.335 e. The second-order valence-electron chi connectivity index (χ2n) is 5.87. The number of nitrogens with zero attached hydrogens (tertiary/aromatic N) is 1. The summed E-state index contributed by atoms with van der Waals surface area (Å²) >= 11 is 1.34. The lowest BCUT2D eigenvalue weighted by Gasteiger charge is -2.23. The number of rotatable bonds is 7. The van der Waals surface area contributed by atoms with Gasteiger partial charge in [0.25, 0.3) is 0 Å². The predicted octanol–water partition coefficient (Wildman–Crippen LogP) is 4.64. The Morgan fingerprint density at radius 3 is 2.38 bits per heavy atom. The van der Waals surface area contributed by atoms with E-state index in [1.807, 2.05) is 0 Å². The first-order valence-electron chi connectivity index (χ1n) is 8.05. The summed E-state index contributed by atoms with van der Waals surface area (Å²) < 4.78 is 27.4. The summed E-state index contributed by atoms with van der Waals surface area (Å²) in [6.45, 7) is 0.306. The van der Waals surface area contributed by atoms with E-state index in [0.717, 1.165) is 12.8 Å². The Morgan fingerprint density at radius 2 is 1.71 bits per heavy atom. The largest absolute Gasteiger partial charge is 0.335 e. The van der Waals surface area contributed by atoms with E-state index in [9.17, 15) is 13.6 Å². The third kappa shape index (κ3) is 4.35. The van der Waals surface area contributed by atoms with Crippen molar-refractivity contribution in [1.82, 2.24) is 4.90 Å². The first-order chi connectivity index (χ1) is 11.6. The Bertz CT molecular complexity index is 718. The van der Waals surface area contributed by atoms with Gasteiger partial charge in [-0.2, -0.15) is 0 Å². The minimum atomic E-state index is -0.281. The lowest BCUT2D eigenvalue weighted by molar-refractivity contribution is -0.132. The van der Waals surface area contributed by atoms with Crippen LogP contribution < -0.4 is 0 Å². The van der Waals surface area contributed by atoms with Gasteiger partial charge in [-0.3, -0.25) is 4.79 Å². The van der Waals surface area contributed by atoms with Crippen molar-refractivity contribution in [3.8, 4) is 0 Å². The third-order valence-electron chi connectivity index (χ3n) is 4.02. The van der Waals surface area contributed by atoms with Crippen LogP contribution in [0.1, 0.15) is 24.8 Å². The Morgan fingerprint density at radius 1 is 1.04 bits per heavy atom. The Balaban J connectivity index is 1.57. The summed E-state index contributed by atoms with van der Waals surface area (Å²) in [6, 6.07) is 13.3. The predicted molar refractivity (Wildman–Crippen MR) is 91.7 cm³/mol. The van der Waals surface area contributed by atoms with Crippen LogP contribution >= 0.6 is 11.8 Å². The molecule has 2 nitrogen and oxygen atoms in total. The molecule has 1 aliphatic rings. The van der Waals surface area contributed by atoms with Gasteiger partial charge in [0.2, 0.25) is 5.91 Å². The molecule has 126 valence electrons. The van der Waals surface area contributed by atoms with Crippen LogP contribution in [0.3, 0.4) is 0 Å². The fraction of sp³-hybridized carbons (Fsp3) is 0.316. The van der Waals surface area contributed by atoms with Gasteiger partial charge in [-0.1, -0.05) is 30.3 Å². The van der Waals surface area contributed by atoms with Gasteiger partial charge in [-0.15, -0.1) is 11.8 Å². The first-order valence-corrected chi connectivity index (χ1v) is 9.04. The average molecular weight is 347 g/mol. The standard InChI is InChI=1S/C19H19F2NOS/c20-16-6-2-1-5-14(16)13-22(15-9-10-15)19(23)11-12-24-18-8-4-3-7-17(18)21/h1-8,15H,9-13H2. The fourth-order valence-electron chi connectivity index (χ4n) is 2.57. The zero-order valence-corrected chi connectivity index (χ0v) is 14.1. The average Bonchev–Trinajstić information content (AvgIpc) is 3.40. The highest BCUT2D eigenvalue weighted by molar-refractivity contribution is 7.99. The molecule has 0 radical (unpaired) electrons. The molecule has 24 heavy (non-hydrogen) atoms. The molecule has 0 bridgehead atoms. The highest BCUT2D eigenvalue weighted by atomic mass is 32.2. The maximum absolute atomic E-state index is 13.8. The number of hydrogen-bond donors (Lipinski definition) is 0. The number of carbonyl (C=O) groups excluding carboxylic acids is 1. The molecular weight excluding hydrogens is 328 g/mol. The number of halogens is 2. The van der Waals surface area contributed by atoms with Crippen LogP contribution in [0.25, 0.3) is 0 Å². The van der Waals surface area contributed by atoms with Crippen LogP contribution in [-0.2, 0) is 11.3 Å². The third-order valence-corrected chi connectivity index (χ3v) is 5.07. The van der Waals surface area contributed by atoms with Crippen molar-refractivity contribution in [2.24, 2.45) is 0 Å². The van der Waals surface area contributed by atoms with E-state index in [2.05, 4.69) is 0 Å². The minimum absolute atomic E-state index is 0.00425. The van der Waals surface area contributed by atoms with Gasteiger partial charge in [0.1, 0.15) is 11.6 Å². The molecule has 0 unspecified atom stereocenters. The number of carbonyl (C=O) groups is 1. The van der Waals surface area contributed by atoms with Gasteiger partial charge in [-0.05, 0) is 31.0 Å². The molecule has 0 spiro atoms. The van der Waals surface area contributed by atoms with Crippen LogP contribution in [0.15, 0.2) is 53.4 Å². The molecule has 2 aromatic rings. The van der Waals surface area contributed by atoms with Gasteiger partial charge >= 0.3 is 0 Å². The normalized spacial score (nSPS) is 13.8. The van der Waals surface area contributed by atoms with Crippen molar-refractivity contribution in [2.75, 3.05) is 5.75 Å². The van der Waals surface area contributed by atoms with Crippen molar-refractivity contribution in [2.45, 2.75) is 36.7 Å². The summed E-state index contributed by atoms with van der Waals surface area (Å²) in [4.78, 5) is 14.8. The Hall–Kier alpha value is -1.88. The second-order valence-corrected chi connectivity index (χ2v) is 7.01. The van der Waals surface area contributed by atoms with Crippen molar-refractivity contribution >= 4 is 17.7 Å². The molecule has 1 fully saturated rings. The zero-order chi connectivity index (χ0) is 16.9. The summed E-state index contributed by atoms with van der Waals surface area (Å²) in [5, 5.41) is 0. The van der Waals surface area contributed by atoms with E-state index >= 15 is 0 Å². The van der Waals surface area contributed by atoms with Crippen LogP contribution in [-0.4, -0.2) is 22.6 Å². The summed E-state index contributed by atoms with van der Waals surface area (Å²) in [7, 11) is 0. The summed E-state index contributed by atoms with van der Waals surface area (Å²) in [6.07, 6.45) is 2.27. The molecule has 2 aromatic carbocycles. The van der Waals surface area contributed by atoms with Crippen molar-refractivity contribution < 1.29 is 13.6 Å². The van der Waals surface area contributed by atoms with Crippen molar-refractivity contribution in [3.05, 3.63) is 65.7 Å². The van der Waals surface area contributed by atoms with E-state index < -0.39 is 0 Å². The molecule has 3 rings (SSSR count). The van der Waals surface area contributed by atoms with Gasteiger partial charge in [-0.25, -0.2) is 8.78 Å². The number of benzene rings is 2. The van der Waals surface area contributed by atoms with Crippen LogP contribution in [0, 0.1) is 11.6 Å². The van der Waals surface area contributed by atoms with E-state index in [1.54, 1.807) is 41.3 Å². The molecule has 0 heterocycles. The summed E-state index contributed by atoms with van der Waals surface area (Å²) in [5.74, 6) is -0.0260. The molecule has 1 aliphatic carbocycles. The smallest absolute Gasteiger partial charge is 0.223 e. The molecule has 0 atom stereocenters. The van der Waals surface area contributed by atoms with Gasteiger partial charge in [0.05, 0.1) is 0 Å². The molecule has 1 amide bonds. The lowest BCUT2D eigenvalue weighted by Crippen LogP contribution is -2.33. The van der Waals surface area contributed by atoms with Gasteiger partial charge in [0, 0.05) is 35.2 Å². The molecule has 5 heteroatoms. The monoisotopic (exact) mass is 347 g/mol. The zero-order valence-electron chi connectivity index (χ0n) is 13.3. The van der Waals surface area contributed by atoms with E-state index in [4.69, 9.17) is 0 Å². The maximum atomic E-state index is 13.8. The quantitative estimate of drug-likeness (QED) is 0.680. The number of amides is 1. The van der Waals surface area contributed by atoms with E-state index in [-0.39, 0.29) is 23.6 Å². The molecular formula is C19H19F2NOS. The first kappa shape index (κ1) is 17.0. The van der Waals surface area contributed by atoms with Crippen LogP contribution in [0.4, 0.5) is 8.78 Å². The molecule has 1 saturated carbocycles. The Labute approximate surface area is 144 Å². The molecule has 0 saturated heterocycles. The molecule has 0 aliphatic heterocycles. The number of hydrogen-bond acceptors (Lipinski definition) is 2. The topological polar surface area (TPSA) is 20.3 Å². The fourth-order valence-corrected chi connectivity index (χ4v) is 3.45. The van der Waals surface area contributed by atoms with Crippen LogP contribution in [0.2, 0.25) is 0 Å². The second kappa shape index (κ2) is 7.79. The SMILES string of the molecule is O=C(CCSc1ccccc1F)N(Cc1ccccc1F)C1CC1.